The molecule has 3 aromatic rings. The molecule has 1 heterocycles. The Morgan fingerprint density at radius 1 is 0.941 bits per heavy atom. The van der Waals surface area contributed by atoms with Gasteiger partial charge < -0.3 is 0 Å². The third-order valence-corrected chi connectivity index (χ3v) is 8.32. The molecular weight excluding hydrogens is 484 g/mol. The van der Waals surface area contributed by atoms with Gasteiger partial charge >= 0.3 is 0 Å². The van der Waals surface area contributed by atoms with E-state index in [0.29, 0.717) is 22.5 Å². The molecule has 0 saturated heterocycles. The van der Waals surface area contributed by atoms with E-state index in [4.69, 9.17) is 0 Å². The first-order valence-electron chi connectivity index (χ1n) is 10.3. The predicted octanol–water partition coefficient (Wildman–Crippen LogP) is 4.27. The lowest BCUT2D eigenvalue weighted by Crippen LogP contribution is -2.27. The van der Waals surface area contributed by atoms with Crippen LogP contribution in [0.15, 0.2) is 82.8 Å². The third-order valence-electron chi connectivity index (χ3n) is 5.34. The van der Waals surface area contributed by atoms with Crippen molar-refractivity contribution in [1.82, 2.24) is 4.41 Å². The lowest BCUT2D eigenvalue weighted by molar-refractivity contribution is 0.371. The van der Waals surface area contributed by atoms with E-state index < -0.39 is 37.7 Å². The minimum Gasteiger partial charge on any atom is -0.284 e. The molecule has 1 aliphatic rings. The molecule has 3 aromatic carbocycles. The van der Waals surface area contributed by atoms with E-state index >= 15 is 0 Å². The van der Waals surface area contributed by atoms with Crippen LogP contribution in [-0.2, 0) is 20.0 Å². The summed E-state index contributed by atoms with van der Waals surface area (Å²) >= 11 is 0. The molecule has 0 amide bonds. The van der Waals surface area contributed by atoms with Crippen molar-refractivity contribution in [3.8, 4) is 0 Å². The second kappa shape index (κ2) is 9.15. The Hall–Kier alpha value is -3.31. The molecule has 4 rings (SSSR count). The summed E-state index contributed by atoms with van der Waals surface area (Å²) in [4.78, 5) is -0.256. The molecule has 7 nitrogen and oxygen atoms in total. The molecule has 1 atom stereocenters. The van der Waals surface area contributed by atoms with Crippen LogP contribution in [0.3, 0.4) is 0 Å². The average molecular weight is 506 g/mol. The summed E-state index contributed by atoms with van der Waals surface area (Å²) in [6, 6.07) is 15.7. The van der Waals surface area contributed by atoms with Gasteiger partial charge in [0, 0.05) is 12.1 Å². The molecule has 0 radical (unpaired) electrons. The molecule has 0 aliphatic carbocycles. The molecule has 11 heteroatoms. The third kappa shape index (κ3) is 4.95. The highest BCUT2D eigenvalue weighted by molar-refractivity contribution is 7.92. The summed E-state index contributed by atoms with van der Waals surface area (Å²) < 4.78 is 80.9. The molecular formula is C23H21F2N3O4S2. The smallest absolute Gasteiger partial charge is 0.279 e. The Bertz CT molecular complexity index is 1440. The highest BCUT2D eigenvalue weighted by Gasteiger charge is 2.38. The van der Waals surface area contributed by atoms with Gasteiger partial charge in [-0.1, -0.05) is 30.3 Å². The van der Waals surface area contributed by atoms with Crippen molar-refractivity contribution in [1.29, 1.82) is 0 Å². The van der Waals surface area contributed by atoms with Gasteiger partial charge in [-0.15, -0.1) is 0 Å². The van der Waals surface area contributed by atoms with Crippen LogP contribution in [0.1, 0.15) is 30.5 Å². The fraction of sp³-hybridized carbons (Fsp3) is 0.174. The number of hydrazone groups is 1. The number of sulfonamides is 2. The normalized spacial score (nSPS) is 16.4. The lowest BCUT2D eigenvalue weighted by atomic mass is 9.99. The number of nitrogens with zero attached hydrogens (tertiary/aromatic N) is 2. The Morgan fingerprint density at radius 3 is 2.24 bits per heavy atom. The number of halogens is 2. The van der Waals surface area contributed by atoms with Crippen LogP contribution < -0.4 is 4.72 Å². The van der Waals surface area contributed by atoms with Crippen molar-refractivity contribution in [2.75, 3.05) is 10.5 Å². The highest BCUT2D eigenvalue weighted by atomic mass is 32.2. The van der Waals surface area contributed by atoms with Crippen LogP contribution in [0.2, 0.25) is 0 Å². The van der Waals surface area contributed by atoms with E-state index in [1.54, 1.807) is 24.3 Å². The monoisotopic (exact) mass is 505 g/mol. The molecule has 0 saturated carbocycles. The average Bonchev–Trinajstić information content (AvgIpc) is 3.26. The highest BCUT2D eigenvalue weighted by Crippen LogP contribution is 2.37. The van der Waals surface area contributed by atoms with Gasteiger partial charge in [0.05, 0.1) is 22.4 Å². The summed E-state index contributed by atoms with van der Waals surface area (Å²) in [5, 5.41) is 4.34. The van der Waals surface area contributed by atoms with E-state index in [1.807, 2.05) is 0 Å². The SMILES string of the molecule is CCS(=O)(=O)Nc1ccc(C2=NN(S(=O)(=O)c3cccc(F)c3)[C@H](c3ccc(F)cc3)C2)cc1. The van der Waals surface area contributed by atoms with E-state index in [0.717, 1.165) is 16.5 Å². The molecule has 0 spiro atoms. The molecule has 1 aliphatic heterocycles. The molecule has 0 bridgehead atoms. The van der Waals surface area contributed by atoms with Crippen LogP contribution >= 0.6 is 0 Å². The van der Waals surface area contributed by atoms with Crippen LogP contribution in [0, 0.1) is 11.6 Å². The van der Waals surface area contributed by atoms with E-state index in [9.17, 15) is 25.6 Å². The Balaban J connectivity index is 1.72. The molecule has 1 N–H and O–H groups in total. The number of rotatable bonds is 7. The fourth-order valence-electron chi connectivity index (χ4n) is 3.54. The Morgan fingerprint density at radius 2 is 1.62 bits per heavy atom. The molecule has 178 valence electrons. The quantitative estimate of drug-likeness (QED) is 0.519. The summed E-state index contributed by atoms with van der Waals surface area (Å²) in [6.07, 6.45) is 0.181. The lowest BCUT2D eigenvalue weighted by Gasteiger charge is -2.23. The molecule has 0 aromatic heterocycles. The van der Waals surface area contributed by atoms with Gasteiger partial charge in [0.25, 0.3) is 10.0 Å². The number of hydrogen-bond acceptors (Lipinski definition) is 5. The maximum absolute atomic E-state index is 13.8. The van der Waals surface area contributed by atoms with Crippen molar-refractivity contribution in [3.05, 3.63) is 95.6 Å². The Kier molecular flexibility index (Phi) is 6.41. The molecule has 34 heavy (non-hydrogen) atoms. The fourth-order valence-corrected chi connectivity index (χ4v) is 5.64. The minimum atomic E-state index is -4.22. The van der Waals surface area contributed by atoms with Crippen molar-refractivity contribution < 1.29 is 25.6 Å². The summed E-state index contributed by atoms with van der Waals surface area (Å²) in [5.74, 6) is -1.24. The zero-order chi connectivity index (χ0) is 24.5. The van der Waals surface area contributed by atoms with Crippen molar-refractivity contribution in [3.63, 3.8) is 0 Å². The van der Waals surface area contributed by atoms with Crippen LogP contribution in [0.25, 0.3) is 0 Å². The van der Waals surface area contributed by atoms with Crippen molar-refractivity contribution in [2.24, 2.45) is 5.10 Å². The van der Waals surface area contributed by atoms with Gasteiger partial charge in [0.15, 0.2) is 0 Å². The zero-order valence-corrected chi connectivity index (χ0v) is 19.7. The van der Waals surface area contributed by atoms with Gasteiger partial charge in [-0.3, -0.25) is 4.72 Å². The number of anilines is 1. The maximum Gasteiger partial charge on any atom is 0.279 e. The number of benzene rings is 3. The number of nitrogens with one attached hydrogen (secondary N) is 1. The molecule has 0 fully saturated rings. The standard InChI is InChI=1S/C23H21F2N3O4S2/c1-2-33(29,30)27-20-12-8-16(9-13-20)22-15-23(17-6-10-18(24)11-7-17)28(26-22)34(31,32)21-5-3-4-19(25)14-21/h3-14,23,27H,2,15H2,1H3/t23-/m0/s1. The van der Waals surface area contributed by atoms with Crippen LogP contribution in [-0.4, -0.2) is 32.7 Å². The van der Waals surface area contributed by atoms with Crippen molar-refractivity contribution in [2.45, 2.75) is 24.3 Å². The first-order chi connectivity index (χ1) is 16.1. The second-order valence-electron chi connectivity index (χ2n) is 7.64. The topological polar surface area (TPSA) is 95.9 Å². The van der Waals surface area contributed by atoms with Crippen LogP contribution in [0.5, 0.6) is 0 Å². The van der Waals surface area contributed by atoms with Gasteiger partial charge in [-0.25, -0.2) is 17.2 Å². The van der Waals surface area contributed by atoms with E-state index in [-0.39, 0.29) is 17.1 Å². The predicted molar refractivity (Wildman–Crippen MR) is 125 cm³/mol. The summed E-state index contributed by atoms with van der Waals surface area (Å²) in [5.41, 5.74) is 1.90. The van der Waals surface area contributed by atoms with E-state index in [1.165, 1.54) is 43.3 Å². The van der Waals surface area contributed by atoms with Gasteiger partial charge in [-0.2, -0.15) is 17.9 Å². The van der Waals surface area contributed by atoms with E-state index in [2.05, 4.69) is 9.82 Å². The summed E-state index contributed by atoms with van der Waals surface area (Å²) in [7, 11) is -7.67. The molecule has 0 unspecified atom stereocenters. The maximum atomic E-state index is 13.8. The Labute approximate surface area is 196 Å². The summed E-state index contributed by atoms with van der Waals surface area (Å²) in [6.45, 7) is 1.52. The number of hydrogen-bond donors (Lipinski definition) is 1. The first kappa shape index (κ1) is 23.8. The minimum absolute atomic E-state index is 0.0757. The van der Waals surface area contributed by atoms with Gasteiger partial charge in [0.1, 0.15) is 11.6 Å². The first-order valence-corrected chi connectivity index (χ1v) is 13.4. The largest absolute Gasteiger partial charge is 0.284 e. The van der Waals surface area contributed by atoms with Gasteiger partial charge in [0.2, 0.25) is 10.0 Å². The van der Waals surface area contributed by atoms with Gasteiger partial charge in [-0.05, 0) is 60.5 Å². The second-order valence-corrected chi connectivity index (χ2v) is 11.4. The zero-order valence-electron chi connectivity index (χ0n) is 18.0. The van der Waals surface area contributed by atoms with Crippen LogP contribution in [0.4, 0.5) is 14.5 Å². The van der Waals surface area contributed by atoms with Crippen molar-refractivity contribution >= 4 is 31.4 Å².